The number of aromatic nitrogens is 1. The van der Waals surface area contributed by atoms with Gasteiger partial charge in [0.2, 0.25) is 0 Å². The molecule has 6 aromatic rings. The summed E-state index contributed by atoms with van der Waals surface area (Å²) in [6, 6.07) is 36.9. The van der Waals surface area contributed by atoms with Crippen LogP contribution in [0.3, 0.4) is 0 Å². The van der Waals surface area contributed by atoms with E-state index >= 15 is 0 Å². The largest absolute Gasteiger partial charge is 0.493 e. The number of fused-ring (bicyclic) bond motifs is 2. The van der Waals surface area contributed by atoms with Crippen LogP contribution in [-0.2, 0) is 6.61 Å². The molecular formula is C35H26ClN3O3. The van der Waals surface area contributed by atoms with E-state index in [9.17, 15) is 4.79 Å². The van der Waals surface area contributed by atoms with E-state index in [2.05, 4.69) is 34.8 Å². The lowest BCUT2D eigenvalue weighted by Crippen LogP contribution is -2.18. The molecule has 7 heteroatoms. The van der Waals surface area contributed by atoms with Crippen LogP contribution in [0.5, 0.6) is 11.5 Å². The first-order valence-electron chi connectivity index (χ1n) is 13.4. The summed E-state index contributed by atoms with van der Waals surface area (Å²) in [5.74, 6) is 0.546. The van der Waals surface area contributed by atoms with Crippen LogP contribution < -0.4 is 14.9 Å². The zero-order chi connectivity index (χ0) is 28.9. The number of halogens is 1. The van der Waals surface area contributed by atoms with Gasteiger partial charge in [-0.3, -0.25) is 4.79 Å². The standard InChI is InChI=1S/C35H26ClN3O3/c1-41-33-19-24(18-30(36)34(33)42-22-23-15-16-25-9-5-6-12-27(25)17-23)21-37-39-35(40)29-20-32(26-10-3-2-4-11-26)38-31-14-8-7-13-28(29)31/h2-21H,22H2,1H3,(H,39,40)/b37-21+. The second-order valence-corrected chi connectivity index (χ2v) is 10.0. The lowest BCUT2D eigenvalue weighted by Gasteiger charge is -2.14. The van der Waals surface area contributed by atoms with Crippen LogP contribution in [0.15, 0.2) is 120 Å². The maximum absolute atomic E-state index is 13.3. The smallest absolute Gasteiger partial charge is 0.272 e. The van der Waals surface area contributed by atoms with Crippen molar-refractivity contribution in [1.29, 1.82) is 0 Å². The van der Waals surface area contributed by atoms with Gasteiger partial charge in [-0.1, -0.05) is 96.5 Å². The van der Waals surface area contributed by atoms with Crippen LogP contribution in [0.1, 0.15) is 21.5 Å². The van der Waals surface area contributed by atoms with Crippen LogP contribution >= 0.6 is 11.6 Å². The zero-order valence-corrected chi connectivity index (χ0v) is 23.5. The number of hydrogen-bond acceptors (Lipinski definition) is 5. The molecule has 6 nitrogen and oxygen atoms in total. The fourth-order valence-electron chi connectivity index (χ4n) is 4.78. The van der Waals surface area contributed by atoms with Gasteiger partial charge in [-0.2, -0.15) is 5.10 Å². The van der Waals surface area contributed by atoms with Crippen molar-refractivity contribution in [2.24, 2.45) is 5.10 Å². The molecule has 0 aliphatic heterocycles. The highest BCUT2D eigenvalue weighted by Crippen LogP contribution is 2.37. The van der Waals surface area contributed by atoms with Gasteiger partial charge in [0.1, 0.15) is 6.61 Å². The predicted octanol–water partition coefficient (Wildman–Crippen LogP) is 8.06. The van der Waals surface area contributed by atoms with Gasteiger partial charge in [0.25, 0.3) is 5.91 Å². The number of hydrogen-bond donors (Lipinski definition) is 1. The Morgan fingerprint density at radius 3 is 2.48 bits per heavy atom. The Kier molecular flexibility index (Phi) is 7.79. The summed E-state index contributed by atoms with van der Waals surface area (Å²) >= 11 is 6.59. The van der Waals surface area contributed by atoms with E-state index in [1.54, 1.807) is 25.3 Å². The van der Waals surface area contributed by atoms with Gasteiger partial charge in [-0.25, -0.2) is 10.4 Å². The Balaban J connectivity index is 1.19. The molecule has 206 valence electrons. The summed E-state index contributed by atoms with van der Waals surface area (Å²) in [5.41, 5.74) is 7.12. The van der Waals surface area contributed by atoms with Crippen LogP contribution in [0.2, 0.25) is 5.02 Å². The molecule has 0 bridgehead atoms. The number of amides is 1. The molecule has 1 amide bonds. The number of carbonyl (C=O) groups is 1. The highest BCUT2D eigenvalue weighted by Gasteiger charge is 2.15. The molecule has 5 aromatic carbocycles. The first-order chi connectivity index (χ1) is 20.6. The third kappa shape index (κ3) is 5.80. The summed E-state index contributed by atoms with van der Waals surface area (Å²) in [6.45, 7) is 0.329. The van der Waals surface area contributed by atoms with E-state index in [4.69, 9.17) is 26.1 Å². The van der Waals surface area contributed by atoms with Gasteiger partial charge >= 0.3 is 0 Å². The van der Waals surface area contributed by atoms with Crippen molar-refractivity contribution in [1.82, 2.24) is 10.4 Å². The number of para-hydroxylation sites is 1. The second-order valence-electron chi connectivity index (χ2n) is 9.64. The molecule has 42 heavy (non-hydrogen) atoms. The lowest BCUT2D eigenvalue weighted by molar-refractivity contribution is 0.0956. The van der Waals surface area contributed by atoms with E-state index in [0.717, 1.165) is 27.4 Å². The van der Waals surface area contributed by atoms with Crippen molar-refractivity contribution >= 4 is 45.4 Å². The molecule has 1 heterocycles. The molecule has 0 saturated heterocycles. The maximum atomic E-state index is 13.3. The third-order valence-corrected chi connectivity index (χ3v) is 7.14. The SMILES string of the molecule is COc1cc(/C=N/NC(=O)c2cc(-c3ccccc3)nc3ccccc23)cc(Cl)c1OCc1ccc2ccccc2c1. The Hall–Kier alpha value is -5.20. The zero-order valence-electron chi connectivity index (χ0n) is 22.8. The molecule has 0 spiro atoms. The van der Waals surface area contributed by atoms with Crippen molar-refractivity contribution in [3.8, 4) is 22.8 Å². The molecule has 0 unspecified atom stereocenters. The van der Waals surface area contributed by atoms with E-state index in [1.807, 2.05) is 72.8 Å². The molecule has 0 saturated carbocycles. The molecule has 6 rings (SSSR count). The minimum absolute atomic E-state index is 0.329. The number of ether oxygens (including phenoxy) is 2. The van der Waals surface area contributed by atoms with Gasteiger partial charge in [0, 0.05) is 10.9 Å². The summed E-state index contributed by atoms with van der Waals surface area (Å²) in [7, 11) is 1.55. The molecule has 0 aliphatic rings. The number of carbonyl (C=O) groups excluding carboxylic acids is 1. The summed E-state index contributed by atoms with van der Waals surface area (Å²) in [6.07, 6.45) is 1.51. The first kappa shape index (κ1) is 27.0. The number of benzene rings is 5. The van der Waals surface area contributed by atoms with Crippen LogP contribution in [0, 0.1) is 0 Å². The average molecular weight is 572 g/mol. The lowest BCUT2D eigenvalue weighted by atomic mass is 10.0. The summed E-state index contributed by atoms with van der Waals surface area (Å²) in [5, 5.41) is 7.61. The molecule has 0 aliphatic carbocycles. The number of hydrazone groups is 1. The number of pyridine rings is 1. The molecular weight excluding hydrogens is 546 g/mol. The Morgan fingerprint density at radius 1 is 0.881 bits per heavy atom. The van der Waals surface area contributed by atoms with Crippen LogP contribution in [0.25, 0.3) is 32.9 Å². The quantitative estimate of drug-likeness (QED) is 0.148. The minimum Gasteiger partial charge on any atom is -0.493 e. The van der Waals surface area contributed by atoms with E-state index in [1.165, 1.54) is 11.6 Å². The fourth-order valence-corrected chi connectivity index (χ4v) is 5.06. The van der Waals surface area contributed by atoms with Crippen LogP contribution in [-0.4, -0.2) is 24.2 Å². The maximum Gasteiger partial charge on any atom is 0.272 e. The van der Waals surface area contributed by atoms with E-state index < -0.39 is 0 Å². The highest BCUT2D eigenvalue weighted by atomic mass is 35.5. The number of methoxy groups -OCH3 is 1. The predicted molar refractivity (Wildman–Crippen MR) is 169 cm³/mol. The highest BCUT2D eigenvalue weighted by molar-refractivity contribution is 6.32. The second kappa shape index (κ2) is 12.1. The average Bonchev–Trinajstić information content (AvgIpc) is 3.03. The Bertz CT molecular complexity index is 1940. The van der Waals surface area contributed by atoms with Crippen molar-refractivity contribution in [3.63, 3.8) is 0 Å². The Labute approximate surface area is 248 Å². The number of nitrogens with one attached hydrogen (secondary N) is 1. The van der Waals surface area contributed by atoms with Gasteiger partial charge in [0.05, 0.1) is 35.1 Å². The third-order valence-electron chi connectivity index (χ3n) is 6.86. The normalized spacial score (nSPS) is 11.2. The van der Waals surface area contributed by atoms with E-state index in [0.29, 0.717) is 39.9 Å². The van der Waals surface area contributed by atoms with Crippen molar-refractivity contribution in [3.05, 3.63) is 137 Å². The molecule has 0 fully saturated rings. The monoisotopic (exact) mass is 571 g/mol. The van der Waals surface area contributed by atoms with Crippen LogP contribution in [0.4, 0.5) is 0 Å². The fraction of sp³-hybridized carbons (Fsp3) is 0.0571. The number of nitrogens with zero attached hydrogens (tertiary/aromatic N) is 2. The first-order valence-corrected chi connectivity index (χ1v) is 13.7. The molecule has 0 radical (unpaired) electrons. The minimum atomic E-state index is -0.351. The molecule has 0 atom stereocenters. The topological polar surface area (TPSA) is 72.8 Å². The van der Waals surface area contributed by atoms with Gasteiger partial charge in [0.15, 0.2) is 11.5 Å². The van der Waals surface area contributed by atoms with Crippen molar-refractivity contribution < 1.29 is 14.3 Å². The van der Waals surface area contributed by atoms with Crippen molar-refractivity contribution in [2.75, 3.05) is 7.11 Å². The van der Waals surface area contributed by atoms with Gasteiger partial charge < -0.3 is 9.47 Å². The molecule has 1 aromatic heterocycles. The molecule has 1 N–H and O–H groups in total. The van der Waals surface area contributed by atoms with E-state index in [-0.39, 0.29) is 5.91 Å². The Morgan fingerprint density at radius 2 is 1.64 bits per heavy atom. The summed E-state index contributed by atoms with van der Waals surface area (Å²) in [4.78, 5) is 18.0. The van der Waals surface area contributed by atoms with Gasteiger partial charge in [-0.05, 0) is 52.2 Å². The summed E-state index contributed by atoms with van der Waals surface area (Å²) < 4.78 is 11.6. The number of rotatable bonds is 8. The van der Waals surface area contributed by atoms with Gasteiger partial charge in [-0.15, -0.1) is 0 Å². The van der Waals surface area contributed by atoms with Crippen molar-refractivity contribution in [2.45, 2.75) is 6.61 Å².